The first-order valence-corrected chi connectivity index (χ1v) is 5.22. The van der Waals surface area contributed by atoms with E-state index in [0.717, 1.165) is 11.2 Å². The Kier molecular flexibility index (Phi) is 2.84. The first-order valence-electron chi connectivity index (χ1n) is 3.93. The Morgan fingerprint density at radius 3 is 2.80 bits per heavy atom. The highest BCUT2D eigenvalue weighted by atomic mass is 32.2. The quantitative estimate of drug-likeness (QED) is 0.526. The molecule has 0 aliphatic heterocycles. The second-order valence-electron chi connectivity index (χ2n) is 3.24. The predicted octanol–water partition coefficient (Wildman–Crippen LogP) is 3.09. The second kappa shape index (κ2) is 3.47. The summed E-state index contributed by atoms with van der Waals surface area (Å²) >= 11 is 2.00. The lowest BCUT2D eigenvalue weighted by Gasteiger charge is -2.28. The van der Waals surface area contributed by atoms with E-state index in [1.54, 1.807) is 0 Å². The van der Waals surface area contributed by atoms with Crippen LogP contribution in [0.5, 0.6) is 0 Å². The third-order valence-electron chi connectivity index (χ3n) is 2.38. The van der Waals surface area contributed by atoms with Gasteiger partial charge in [-0.25, -0.2) is 0 Å². The highest BCUT2D eigenvalue weighted by Gasteiger charge is 2.21. The van der Waals surface area contributed by atoms with E-state index in [1.165, 1.54) is 24.8 Å². The highest BCUT2D eigenvalue weighted by molar-refractivity contribution is 7.99. The van der Waals surface area contributed by atoms with Crippen molar-refractivity contribution in [1.29, 1.82) is 0 Å². The molecule has 0 spiro atoms. The second-order valence-corrected chi connectivity index (χ2v) is 4.32. The molecule has 1 fully saturated rings. The van der Waals surface area contributed by atoms with Gasteiger partial charge in [0, 0.05) is 5.25 Å². The largest absolute Gasteiger partial charge is 0.161 e. The highest BCUT2D eigenvalue weighted by Crippen LogP contribution is 2.33. The van der Waals surface area contributed by atoms with Crippen LogP contribution in [0.25, 0.3) is 0 Å². The lowest BCUT2D eigenvalue weighted by Crippen LogP contribution is -2.19. The summed E-state index contributed by atoms with van der Waals surface area (Å²) in [4.78, 5) is 0. The maximum Gasteiger partial charge on any atom is 0.0107 e. The lowest BCUT2D eigenvalue weighted by atomic mass is 9.87. The van der Waals surface area contributed by atoms with E-state index in [2.05, 4.69) is 19.8 Å². The van der Waals surface area contributed by atoms with Crippen LogP contribution in [0, 0.1) is 5.92 Å². The number of hydrogen-bond acceptors (Lipinski definition) is 1. The van der Waals surface area contributed by atoms with Crippen molar-refractivity contribution < 1.29 is 0 Å². The number of hydrogen-bond donors (Lipinski definition) is 0. The van der Waals surface area contributed by atoms with Crippen LogP contribution in [0.1, 0.15) is 26.2 Å². The fraction of sp³-hybridized carbons (Fsp3) is 0.778. The summed E-state index contributed by atoms with van der Waals surface area (Å²) < 4.78 is 0. The topological polar surface area (TPSA) is 0 Å². The molecular formula is C9H16S. The van der Waals surface area contributed by atoms with Gasteiger partial charge in [-0.1, -0.05) is 19.1 Å². The van der Waals surface area contributed by atoms with Crippen molar-refractivity contribution in [2.75, 3.05) is 6.26 Å². The maximum absolute atomic E-state index is 4.03. The molecule has 2 unspecified atom stereocenters. The van der Waals surface area contributed by atoms with E-state index >= 15 is 0 Å². The van der Waals surface area contributed by atoms with Crippen molar-refractivity contribution in [2.45, 2.75) is 31.4 Å². The summed E-state index contributed by atoms with van der Waals surface area (Å²) in [5.41, 5.74) is 1.46. The van der Waals surface area contributed by atoms with Crippen molar-refractivity contribution in [1.82, 2.24) is 0 Å². The first kappa shape index (κ1) is 8.19. The lowest BCUT2D eigenvalue weighted by molar-refractivity contribution is 0.459. The molecule has 0 N–H and O–H groups in total. The average Bonchev–Trinajstić information content (AvgIpc) is 1.94. The number of allylic oxidation sites excluding steroid dienone is 1. The van der Waals surface area contributed by atoms with Gasteiger partial charge in [0.25, 0.3) is 0 Å². The molecule has 0 bridgehead atoms. The minimum atomic E-state index is 0.848. The Morgan fingerprint density at radius 2 is 2.30 bits per heavy atom. The van der Waals surface area contributed by atoms with Crippen molar-refractivity contribution >= 4 is 11.8 Å². The third kappa shape index (κ3) is 1.79. The van der Waals surface area contributed by atoms with Crippen LogP contribution in [0.15, 0.2) is 12.2 Å². The standard InChI is InChI=1S/C9H16S/c1-7-4-5-8(2)9(6-7)10-3/h8-9H,1,4-6H2,2-3H3. The van der Waals surface area contributed by atoms with Gasteiger partial charge in [-0.05, 0) is 31.4 Å². The summed E-state index contributed by atoms with van der Waals surface area (Å²) in [6, 6.07) is 0. The van der Waals surface area contributed by atoms with Crippen molar-refractivity contribution in [2.24, 2.45) is 5.92 Å². The minimum absolute atomic E-state index is 0.848. The van der Waals surface area contributed by atoms with Crippen molar-refractivity contribution in [3.8, 4) is 0 Å². The summed E-state index contributed by atoms with van der Waals surface area (Å²) in [5, 5.41) is 0.848. The van der Waals surface area contributed by atoms with E-state index in [0.29, 0.717) is 0 Å². The van der Waals surface area contributed by atoms with Gasteiger partial charge >= 0.3 is 0 Å². The molecule has 0 nitrogen and oxygen atoms in total. The molecule has 1 aliphatic carbocycles. The summed E-state index contributed by atoms with van der Waals surface area (Å²) in [7, 11) is 0. The molecule has 1 saturated carbocycles. The van der Waals surface area contributed by atoms with Crippen LogP contribution in [0.2, 0.25) is 0 Å². The predicted molar refractivity (Wildman–Crippen MR) is 49.5 cm³/mol. The normalized spacial score (nSPS) is 34.4. The van der Waals surface area contributed by atoms with Gasteiger partial charge < -0.3 is 0 Å². The maximum atomic E-state index is 4.03. The Hall–Kier alpha value is 0.0900. The Balaban J connectivity index is 2.45. The van der Waals surface area contributed by atoms with Crippen LogP contribution in [0.3, 0.4) is 0 Å². The zero-order valence-corrected chi connectivity index (χ0v) is 7.71. The Bertz CT molecular complexity index is 129. The molecule has 1 heteroatoms. The molecule has 0 heterocycles. The van der Waals surface area contributed by atoms with Crippen molar-refractivity contribution in [3.05, 3.63) is 12.2 Å². The third-order valence-corrected chi connectivity index (χ3v) is 3.62. The molecule has 0 saturated heterocycles. The molecular weight excluding hydrogens is 140 g/mol. The minimum Gasteiger partial charge on any atom is -0.161 e. The zero-order valence-electron chi connectivity index (χ0n) is 6.89. The van der Waals surface area contributed by atoms with Crippen LogP contribution < -0.4 is 0 Å². The molecule has 1 rings (SSSR count). The van der Waals surface area contributed by atoms with Crippen LogP contribution in [-0.4, -0.2) is 11.5 Å². The molecule has 1 aliphatic rings. The van der Waals surface area contributed by atoms with Gasteiger partial charge in [-0.3, -0.25) is 0 Å². The van der Waals surface area contributed by atoms with Crippen molar-refractivity contribution in [3.63, 3.8) is 0 Å². The van der Waals surface area contributed by atoms with E-state index in [1.807, 2.05) is 11.8 Å². The van der Waals surface area contributed by atoms with Crippen LogP contribution in [-0.2, 0) is 0 Å². The van der Waals surface area contributed by atoms with Gasteiger partial charge in [0.2, 0.25) is 0 Å². The smallest absolute Gasteiger partial charge is 0.0107 e. The fourth-order valence-electron chi connectivity index (χ4n) is 1.52. The SMILES string of the molecule is C=C1CCC(C)C(SC)C1. The average molecular weight is 156 g/mol. The van der Waals surface area contributed by atoms with Gasteiger partial charge in [0.15, 0.2) is 0 Å². The summed E-state index contributed by atoms with van der Waals surface area (Å²) in [5.74, 6) is 0.903. The van der Waals surface area contributed by atoms with Gasteiger partial charge in [0.05, 0.1) is 0 Å². The summed E-state index contributed by atoms with van der Waals surface area (Å²) in [6.45, 7) is 6.39. The molecule has 58 valence electrons. The van der Waals surface area contributed by atoms with Crippen LogP contribution >= 0.6 is 11.8 Å². The Morgan fingerprint density at radius 1 is 1.60 bits per heavy atom. The van der Waals surface area contributed by atoms with E-state index in [-0.39, 0.29) is 0 Å². The van der Waals surface area contributed by atoms with Gasteiger partial charge in [-0.2, -0.15) is 11.8 Å². The molecule has 2 atom stereocenters. The van der Waals surface area contributed by atoms with Gasteiger partial charge in [0.1, 0.15) is 0 Å². The number of thioether (sulfide) groups is 1. The van der Waals surface area contributed by atoms with E-state index in [9.17, 15) is 0 Å². The van der Waals surface area contributed by atoms with Gasteiger partial charge in [-0.15, -0.1) is 0 Å². The fourth-order valence-corrected chi connectivity index (χ4v) is 2.52. The number of rotatable bonds is 1. The monoisotopic (exact) mass is 156 g/mol. The summed E-state index contributed by atoms with van der Waals surface area (Å²) in [6.07, 6.45) is 6.07. The molecule has 0 aromatic heterocycles. The Labute approximate surface area is 68.1 Å². The molecule has 0 radical (unpaired) electrons. The molecule has 10 heavy (non-hydrogen) atoms. The molecule has 0 aromatic carbocycles. The first-order chi connectivity index (χ1) is 4.74. The van der Waals surface area contributed by atoms with Crippen LogP contribution in [0.4, 0.5) is 0 Å². The van der Waals surface area contributed by atoms with E-state index in [4.69, 9.17) is 0 Å². The molecule has 0 amide bonds. The zero-order chi connectivity index (χ0) is 7.56. The molecule has 0 aromatic rings. The van der Waals surface area contributed by atoms with E-state index < -0.39 is 0 Å².